The highest BCUT2D eigenvalue weighted by Crippen LogP contribution is 2.22. The Morgan fingerprint density at radius 3 is 2.30 bits per heavy atom. The number of carboxylic acid groups (broad SMARTS) is 1. The predicted molar refractivity (Wildman–Crippen MR) is 79.7 cm³/mol. The maximum Gasteiger partial charge on any atom is 0.303 e. The molecule has 0 fully saturated rings. The first-order chi connectivity index (χ1) is 9.52. The normalized spacial score (nSPS) is 9.45. The van der Waals surface area contributed by atoms with Crippen molar-refractivity contribution in [3.05, 3.63) is 59.7 Å². The average molecular weight is 273 g/mol. The molecule has 0 heterocycles. The van der Waals surface area contributed by atoms with Crippen LogP contribution in [0.4, 0.5) is 5.69 Å². The van der Waals surface area contributed by atoms with Crippen LogP contribution in [0.15, 0.2) is 48.5 Å². The fraction of sp³-hybridized carbons (Fsp3) is 0.188. The van der Waals surface area contributed by atoms with Gasteiger partial charge in [-0.25, -0.2) is 0 Å². The van der Waals surface area contributed by atoms with Gasteiger partial charge in [-0.2, -0.15) is 0 Å². The van der Waals surface area contributed by atoms with Gasteiger partial charge < -0.3 is 15.9 Å². The van der Waals surface area contributed by atoms with E-state index in [0.29, 0.717) is 17.9 Å². The number of aliphatic carboxylic acids is 1. The average Bonchev–Trinajstić information content (AvgIpc) is 2.45. The van der Waals surface area contributed by atoms with Crippen LogP contribution in [0, 0.1) is 0 Å². The first-order valence-electron chi connectivity index (χ1n) is 6.36. The van der Waals surface area contributed by atoms with Gasteiger partial charge >= 0.3 is 5.97 Å². The molecular weight excluding hydrogens is 254 g/mol. The molecule has 0 radical (unpaired) electrons. The number of aromatic hydroxyl groups is 1. The molecule has 2 rings (SSSR count). The lowest BCUT2D eigenvalue weighted by Gasteiger charge is -2.05. The summed E-state index contributed by atoms with van der Waals surface area (Å²) in [6.45, 7) is 1.60. The van der Waals surface area contributed by atoms with Gasteiger partial charge in [0.15, 0.2) is 0 Å². The van der Waals surface area contributed by atoms with E-state index in [1.54, 1.807) is 19.1 Å². The number of nitrogens with two attached hydrogens (primary N) is 1. The van der Waals surface area contributed by atoms with Crippen LogP contribution in [0.2, 0.25) is 0 Å². The maximum atomic E-state index is 9.64. The third kappa shape index (κ3) is 5.44. The summed E-state index contributed by atoms with van der Waals surface area (Å²) >= 11 is 0. The summed E-state index contributed by atoms with van der Waals surface area (Å²) in [7, 11) is 0. The number of rotatable bonds is 3. The molecule has 20 heavy (non-hydrogen) atoms. The van der Waals surface area contributed by atoms with E-state index < -0.39 is 5.97 Å². The molecule has 106 valence electrons. The highest BCUT2D eigenvalue weighted by Gasteiger charge is 2.02. The molecule has 4 heteroatoms. The number of carbonyl (C=O) groups is 1. The molecule has 2 aromatic rings. The molecule has 0 saturated carbocycles. The van der Waals surface area contributed by atoms with Crippen LogP contribution in [0.5, 0.6) is 5.75 Å². The number of hydrogen-bond acceptors (Lipinski definition) is 3. The van der Waals surface area contributed by atoms with Crippen molar-refractivity contribution in [1.29, 1.82) is 0 Å². The van der Waals surface area contributed by atoms with Crippen LogP contribution in [-0.2, 0) is 11.2 Å². The van der Waals surface area contributed by atoms with Gasteiger partial charge in [0.25, 0.3) is 0 Å². The number of carboxylic acids is 1. The summed E-state index contributed by atoms with van der Waals surface area (Å²) in [5, 5.41) is 17.4. The number of phenolic OH excluding ortho intramolecular Hbond substituents is 1. The third-order valence-corrected chi connectivity index (χ3v) is 2.64. The van der Waals surface area contributed by atoms with Crippen molar-refractivity contribution in [2.24, 2.45) is 0 Å². The van der Waals surface area contributed by atoms with E-state index in [1.165, 1.54) is 5.56 Å². The fourth-order valence-corrected chi connectivity index (χ4v) is 1.56. The molecular formula is C16H19NO3. The summed E-state index contributed by atoms with van der Waals surface area (Å²) in [6, 6.07) is 15.1. The van der Waals surface area contributed by atoms with Gasteiger partial charge in [0.05, 0.1) is 0 Å². The van der Waals surface area contributed by atoms with E-state index in [2.05, 4.69) is 0 Å². The first kappa shape index (κ1) is 15.6. The smallest absolute Gasteiger partial charge is 0.303 e. The summed E-state index contributed by atoms with van der Waals surface area (Å²) in [4.78, 5) is 9.37. The van der Waals surface area contributed by atoms with Gasteiger partial charge in [0.1, 0.15) is 5.75 Å². The number of benzene rings is 2. The van der Waals surface area contributed by atoms with Gasteiger partial charge in [-0.1, -0.05) is 37.3 Å². The van der Waals surface area contributed by atoms with Crippen molar-refractivity contribution >= 4 is 11.7 Å². The van der Waals surface area contributed by atoms with E-state index in [4.69, 9.17) is 10.8 Å². The van der Waals surface area contributed by atoms with E-state index in [9.17, 15) is 9.90 Å². The molecule has 0 atom stereocenters. The Balaban J connectivity index is 0.000000347. The van der Waals surface area contributed by atoms with E-state index in [-0.39, 0.29) is 6.42 Å². The SMILES string of the molecule is CCC(=O)O.Nc1ccc(O)c(Cc2ccccc2)c1. The number of hydrogen-bond donors (Lipinski definition) is 3. The second kappa shape index (κ2) is 7.84. The van der Waals surface area contributed by atoms with Gasteiger partial charge in [-0.3, -0.25) is 4.79 Å². The van der Waals surface area contributed by atoms with E-state index in [0.717, 1.165) is 5.56 Å². The lowest BCUT2D eigenvalue weighted by molar-refractivity contribution is -0.136. The molecule has 0 saturated heterocycles. The van der Waals surface area contributed by atoms with Crippen molar-refractivity contribution in [2.75, 3.05) is 5.73 Å². The Labute approximate surface area is 118 Å². The van der Waals surface area contributed by atoms with Crippen LogP contribution < -0.4 is 5.73 Å². The molecule has 0 amide bonds. The summed E-state index contributed by atoms with van der Waals surface area (Å²) in [6.07, 6.45) is 0.928. The van der Waals surface area contributed by atoms with Gasteiger partial charge in [0, 0.05) is 24.1 Å². The minimum atomic E-state index is -0.745. The number of phenols is 1. The van der Waals surface area contributed by atoms with Crippen molar-refractivity contribution < 1.29 is 15.0 Å². The van der Waals surface area contributed by atoms with Crippen molar-refractivity contribution in [1.82, 2.24) is 0 Å². The Bertz CT molecular complexity index is 553. The maximum absolute atomic E-state index is 9.64. The molecule has 0 aliphatic carbocycles. The van der Waals surface area contributed by atoms with Crippen molar-refractivity contribution in [3.8, 4) is 5.75 Å². The second-order valence-corrected chi connectivity index (χ2v) is 4.30. The lowest BCUT2D eigenvalue weighted by atomic mass is 10.0. The van der Waals surface area contributed by atoms with E-state index >= 15 is 0 Å². The lowest BCUT2D eigenvalue weighted by Crippen LogP contribution is -1.91. The van der Waals surface area contributed by atoms with Crippen molar-refractivity contribution in [3.63, 3.8) is 0 Å². The zero-order chi connectivity index (χ0) is 15.0. The highest BCUT2D eigenvalue weighted by atomic mass is 16.4. The van der Waals surface area contributed by atoms with Gasteiger partial charge in [-0.15, -0.1) is 0 Å². The van der Waals surface area contributed by atoms with Gasteiger partial charge in [0.2, 0.25) is 0 Å². The van der Waals surface area contributed by atoms with E-state index in [1.807, 2.05) is 36.4 Å². The zero-order valence-corrected chi connectivity index (χ0v) is 11.4. The second-order valence-electron chi connectivity index (χ2n) is 4.30. The minimum Gasteiger partial charge on any atom is -0.508 e. The Hall–Kier alpha value is -2.49. The van der Waals surface area contributed by atoms with Crippen molar-refractivity contribution in [2.45, 2.75) is 19.8 Å². The minimum absolute atomic E-state index is 0.222. The zero-order valence-electron chi connectivity index (χ0n) is 11.4. The number of nitrogen functional groups attached to an aromatic ring is 1. The van der Waals surface area contributed by atoms with Gasteiger partial charge in [-0.05, 0) is 23.8 Å². The van der Waals surface area contributed by atoms with Crippen LogP contribution >= 0.6 is 0 Å². The molecule has 0 aliphatic rings. The summed E-state index contributed by atoms with van der Waals surface area (Å²) in [5.74, 6) is -0.446. The molecule has 0 spiro atoms. The molecule has 0 unspecified atom stereocenters. The molecule has 0 bridgehead atoms. The van der Waals surface area contributed by atoms with Crippen LogP contribution in [-0.4, -0.2) is 16.2 Å². The molecule has 4 nitrogen and oxygen atoms in total. The molecule has 2 aromatic carbocycles. The Morgan fingerprint density at radius 1 is 1.15 bits per heavy atom. The quantitative estimate of drug-likeness (QED) is 0.593. The summed E-state index contributed by atoms with van der Waals surface area (Å²) in [5.41, 5.74) is 8.38. The van der Waals surface area contributed by atoms with Crippen LogP contribution in [0.3, 0.4) is 0 Å². The summed E-state index contributed by atoms with van der Waals surface area (Å²) < 4.78 is 0. The largest absolute Gasteiger partial charge is 0.508 e. The first-order valence-corrected chi connectivity index (χ1v) is 6.36. The topological polar surface area (TPSA) is 83.5 Å². The number of anilines is 1. The predicted octanol–water partition coefficient (Wildman–Crippen LogP) is 3.05. The highest BCUT2D eigenvalue weighted by molar-refractivity contribution is 5.66. The molecule has 4 N–H and O–H groups in total. The molecule has 0 aliphatic heterocycles. The van der Waals surface area contributed by atoms with Crippen LogP contribution in [0.25, 0.3) is 0 Å². The Kier molecular flexibility index (Phi) is 6.10. The Morgan fingerprint density at radius 2 is 1.75 bits per heavy atom. The monoisotopic (exact) mass is 273 g/mol. The van der Waals surface area contributed by atoms with Crippen LogP contribution in [0.1, 0.15) is 24.5 Å². The molecule has 0 aromatic heterocycles. The standard InChI is InChI=1S/C13H13NO.C3H6O2/c14-12-6-7-13(15)11(9-12)8-10-4-2-1-3-5-10;1-2-3(4)5/h1-7,9,15H,8,14H2;2H2,1H3,(H,4,5). The third-order valence-electron chi connectivity index (χ3n) is 2.64. The fourth-order valence-electron chi connectivity index (χ4n) is 1.56.